The Balaban J connectivity index is 2.79. The van der Waals surface area contributed by atoms with E-state index in [0.717, 1.165) is 25.2 Å². The molecule has 1 nitrogen and oxygen atoms in total. The monoisotopic (exact) mass is 401 g/mol. The number of halogens is 1. The van der Waals surface area contributed by atoms with Crippen molar-refractivity contribution >= 4 is 30.3 Å². The second-order valence-electron chi connectivity index (χ2n) is 7.07. The Morgan fingerprint density at radius 2 is 1.65 bits per heavy atom. The molecule has 0 aliphatic carbocycles. The first kappa shape index (κ1) is 18.1. The molecule has 1 aromatic carbocycles. The summed E-state index contributed by atoms with van der Waals surface area (Å²) in [5, 5.41) is 0. The molecule has 0 atom stereocenters. The van der Waals surface area contributed by atoms with Crippen molar-refractivity contribution in [2.75, 3.05) is 5.44 Å². The molecule has 0 aliphatic heterocycles. The van der Waals surface area contributed by atoms with E-state index in [0.29, 0.717) is 0 Å². The van der Waals surface area contributed by atoms with Crippen LogP contribution in [0, 0.1) is 0 Å². The zero-order chi connectivity index (χ0) is 15.5. The Hall–Kier alpha value is 0.0429. The van der Waals surface area contributed by atoms with Crippen molar-refractivity contribution in [1.29, 1.82) is 0 Å². The SMILES string of the molecule is C[CH](C)[Ge]([CH2]Oc1ccc(C(C)(C)C)cc1Br)[CH](C)C. The van der Waals surface area contributed by atoms with Crippen molar-refractivity contribution in [3.05, 3.63) is 28.2 Å². The molecule has 3 heteroatoms. The van der Waals surface area contributed by atoms with Gasteiger partial charge in [0.05, 0.1) is 0 Å². The summed E-state index contributed by atoms with van der Waals surface area (Å²) in [5.41, 5.74) is 2.46. The maximum atomic E-state index is 6.12. The topological polar surface area (TPSA) is 9.23 Å². The van der Waals surface area contributed by atoms with E-state index in [1.54, 1.807) is 0 Å². The summed E-state index contributed by atoms with van der Waals surface area (Å²) in [7, 11) is 0. The van der Waals surface area contributed by atoms with E-state index in [4.69, 9.17) is 4.74 Å². The molecule has 0 aliphatic rings. The van der Waals surface area contributed by atoms with E-state index < -0.39 is 14.3 Å². The first-order valence-electron chi connectivity index (χ1n) is 7.41. The summed E-state index contributed by atoms with van der Waals surface area (Å²) in [5.74, 6) is 0.990. The van der Waals surface area contributed by atoms with Gasteiger partial charge in [0, 0.05) is 0 Å². The molecule has 113 valence electrons. The van der Waals surface area contributed by atoms with Gasteiger partial charge in [-0.2, -0.15) is 0 Å². The molecule has 0 amide bonds. The normalized spacial score (nSPS) is 12.6. The summed E-state index contributed by atoms with van der Waals surface area (Å²) >= 11 is 2.51. The second kappa shape index (κ2) is 7.35. The van der Waals surface area contributed by atoms with Gasteiger partial charge in [0.25, 0.3) is 0 Å². The standard InChI is InChI=1S/C17H28BrGeO/c1-12(2)19(13(3)4)11-20-16-9-8-14(10-15(16)18)17(5,6)7/h8-10,12-13H,11H2,1-7H3. The van der Waals surface area contributed by atoms with E-state index in [2.05, 4.69) is 82.6 Å². The molecule has 0 spiro atoms. The fourth-order valence-electron chi connectivity index (χ4n) is 2.25. The van der Waals surface area contributed by atoms with Gasteiger partial charge < -0.3 is 0 Å². The summed E-state index contributed by atoms with van der Waals surface area (Å²) in [4.78, 5) is 0. The van der Waals surface area contributed by atoms with Gasteiger partial charge in [-0.05, 0) is 0 Å². The van der Waals surface area contributed by atoms with Crippen molar-refractivity contribution in [1.82, 2.24) is 0 Å². The zero-order valence-corrected chi connectivity index (χ0v) is 17.6. The van der Waals surface area contributed by atoms with Crippen LogP contribution >= 0.6 is 15.9 Å². The third-order valence-corrected chi connectivity index (χ3v) is 11.5. The molecule has 0 heterocycles. The minimum atomic E-state index is -1.15. The predicted molar refractivity (Wildman–Crippen MR) is 94.3 cm³/mol. The van der Waals surface area contributed by atoms with Crippen LogP contribution in [0.1, 0.15) is 54.0 Å². The number of ether oxygens (including phenoxy) is 1. The Labute approximate surface area is 137 Å². The Morgan fingerprint density at radius 1 is 1.10 bits per heavy atom. The van der Waals surface area contributed by atoms with Crippen LogP contribution in [-0.4, -0.2) is 19.8 Å². The van der Waals surface area contributed by atoms with E-state index in [-0.39, 0.29) is 5.41 Å². The number of benzene rings is 1. The van der Waals surface area contributed by atoms with Gasteiger partial charge in [-0.3, -0.25) is 0 Å². The molecule has 1 rings (SSSR count). The first-order valence-corrected chi connectivity index (χ1v) is 12.1. The van der Waals surface area contributed by atoms with Crippen molar-refractivity contribution in [3.63, 3.8) is 0 Å². The van der Waals surface area contributed by atoms with E-state index >= 15 is 0 Å². The molecule has 1 radical (unpaired) electrons. The van der Waals surface area contributed by atoms with Crippen LogP contribution in [-0.2, 0) is 5.41 Å². The van der Waals surface area contributed by atoms with Crippen molar-refractivity contribution in [2.45, 2.75) is 63.4 Å². The minimum absolute atomic E-state index is 0.177. The fourth-order valence-corrected chi connectivity index (χ4v) is 7.61. The molecular weight excluding hydrogens is 373 g/mol. The molecule has 0 saturated heterocycles. The van der Waals surface area contributed by atoms with Gasteiger partial charge in [0.15, 0.2) is 0 Å². The molecule has 1 aromatic rings. The van der Waals surface area contributed by atoms with Gasteiger partial charge in [-0.1, -0.05) is 0 Å². The fraction of sp³-hybridized carbons (Fsp3) is 0.647. The first-order chi connectivity index (χ1) is 9.12. The quantitative estimate of drug-likeness (QED) is 0.552. The average molecular weight is 401 g/mol. The number of hydrogen-bond donors (Lipinski definition) is 0. The van der Waals surface area contributed by atoms with Crippen LogP contribution in [0.3, 0.4) is 0 Å². The summed E-state index contributed by atoms with van der Waals surface area (Å²) < 4.78 is 8.81. The molecular formula is C17H28BrGeO. The number of hydrogen-bond acceptors (Lipinski definition) is 1. The van der Waals surface area contributed by atoms with Gasteiger partial charge in [0.2, 0.25) is 0 Å². The van der Waals surface area contributed by atoms with Gasteiger partial charge in [0.1, 0.15) is 0 Å². The summed E-state index contributed by atoms with van der Waals surface area (Å²) in [6.45, 7) is 16.1. The van der Waals surface area contributed by atoms with Gasteiger partial charge >= 0.3 is 138 Å². The van der Waals surface area contributed by atoms with Gasteiger partial charge in [-0.15, -0.1) is 0 Å². The average Bonchev–Trinajstić information content (AvgIpc) is 2.28. The molecule has 0 fully saturated rings. The second-order valence-corrected chi connectivity index (χ2v) is 15.8. The van der Waals surface area contributed by atoms with E-state index in [9.17, 15) is 0 Å². The molecule has 0 N–H and O–H groups in total. The molecule has 20 heavy (non-hydrogen) atoms. The van der Waals surface area contributed by atoms with E-state index in [1.165, 1.54) is 5.56 Å². The zero-order valence-electron chi connectivity index (χ0n) is 13.9. The summed E-state index contributed by atoms with van der Waals surface area (Å²) in [6.07, 6.45) is 0. The van der Waals surface area contributed by atoms with Crippen LogP contribution in [0.5, 0.6) is 5.75 Å². The maximum absolute atomic E-state index is 6.12. The number of rotatable bonds is 5. The van der Waals surface area contributed by atoms with Crippen molar-refractivity contribution in [2.24, 2.45) is 0 Å². The Bertz CT molecular complexity index is 427. The predicted octanol–water partition coefficient (Wildman–Crippen LogP) is 5.98. The van der Waals surface area contributed by atoms with Crippen LogP contribution in [0.4, 0.5) is 0 Å². The molecule has 0 aromatic heterocycles. The van der Waals surface area contributed by atoms with Crippen LogP contribution in [0.25, 0.3) is 0 Å². The molecule has 0 bridgehead atoms. The molecule has 0 saturated carbocycles. The third kappa shape index (κ3) is 5.10. The Morgan fingerprint density at radius 3 is 2.05 bits per heavy atom. The van der Waals surface area contributed by atoms with Crippen LogP contribution < -0.4 is 4.74 Å². The summed E-state index contributed by atoms with van der Waals surface area (Å²) in [6, 6.07) is 6.49. The van der Waals surface area contributed by atoms with Gasteiger partial charge in [-0.25, -0.2) is 0 Å². The van der Waals surface area contributed by atoms with E-state index in [1.807, 2.05) is 0 Å². The van der Waals surface area contributed by atoms with Crippen molar-refractivity contribution < 1.29 is 4.74 Å². The third-order valence-electron chi connectivity index (χ3n) is 3.68. The molecule has 0 unspecified atom stereocenters. The Kier molecular flexibility index (Phi) is 6.65. The van der Waals surface area contributed by atoms with Crippen LogP contribution in [0.2, 0.25) is 9.50 Å². The van der Waals surface area contributed by atoms with Crippen molar-refractivity contribution in [3.8, 4) is 5.75 Å². The van der Waals surface area contributed by atoms with Crippen LogP contribution in [0.15, 0.2) is 22.7 Å².